The number of anilines is 1. The van der Waals surface area contributed by atoms with E-state index in [4.69, 9.17) is 20.8 Å². The van der Waals surface area contributed by atoms with Crippen molar-refractivity contribution >= 4 is 23.3 Å². The Hall–Kier alpha value is -2.14. The second-order valence-corrected chi connectivity index (χ2v) is 4.38. The lowest BCUT2D eigenvalue weighted by atomic mass is 10.2. The zero-order valence-corrected chi connectivity index (χ0v) is 11.9. The van der Waals surface area contributed by atoms with Crippen LogP contribution in [0.15, 0.2) is 34.9 Å². The van der Waals surface area contributed by atoms with E-state index in [1.54, 1.807) is 25.3 Å². The highest BCUT2D eigenvalue weighted by Gasteiger charge is 2.15. The van der Waals surface area contributed by atoms with Crippen molar-refractivity contribution < 1.29 is 18.7 Å². The molecule has 2 aromatic rings. The number of benzene rings is 1. The maximum Gasteiger partial charge on any atom is 0.374 e. The molecule has 0 aliphatic heterocycles. The first kappa shape index (κ1) is 14.3. The van der Waals surface area contributed by atoms with Crippen LogP contribution in [0, 0.1) is 0 Å². The number of methoxy groups -OCH3 is 2. The standard InChI is InChI=1S/C14H14ClNO4/c1-18-12-7-10(3-4-11(12)15)16-8-9-5-6-20-13(9)14(17)19-2/h3-7,16H,8H2,1-2H3. The van der Waals surface area contributed by atoms with Crippen LogP contribution < -0.4 is 10.1 Å². The molecule has 1 aromatic heterocycles. The summed E-state index contributed by atoms with van der Waals surface area (Å²) in [6.45, 7) is 0.422. The Morgan fingerprint density at radius 2 is 2.15 bits per heavy atom. The molecule has 0 spiro atoms. The minimum atomic E-state index is -0.500. The molecule has 0 aliphatic rings. The van der Waals surface area contributed by atoms with E-state index in [1.807, 2.05) is 6.07 Å². The molecule has 1 N–H and O–H groups in total. The van der Waals surface area contributed by atoms with Gasteiger partial charge < -0.3 is 19.2 Å². The number of esters is 1. The Bertz CT molecular complexity index is 609. The summed E-state index contributed by atoms with van der Waals surface area (Å²) in [6.07, 6.45) is 1.45. The minimum absolute atomic E-state index is 0.195. The topological polar surface area (TPSA) is 60.7 Å². The highest BCUT2D eigenvalue weighted by Crippen LogP contribution is 2.27. The van der Waals surface area contributed by atoms with Crippen LogP contribution in [0.25, 0.3) is 0 Å². The maximum atomic E-state index is 11.5. The van der Waals surface area contributed by atoms with E-state index in [0.29, 0.717) is 22.9 Å². The summed E-state index contributed by atoms with van der Waals surface area (Å²) in [4.78, 5) is 11.5. The number of ether oxygens (including phenoxy) is 2. The molecule has 0 radical (unpaired) electrons. The van der Waals surface area contributed by atoms with Gasteiger partial charge in [-0.05, 0) is 18.2 Å². The number of halogens is 1. The number of hydrogen-bond acceptors (Lipinski definition) is 5. The van der Waals surface area contributed by atoms with Gasteiger partial charge in [0.1, 0.15) is 5.75 Å². The number of carbonyl (C=O) groups excluding carboxylic acids is 1. The molecule has 0 atom stereocenters. The molecule has 5 nitrogen and oxygen atoms in total. The summed E-state index contributed by atoms with van der Waals surface area (Å²) < 4.78 is 14.9. The van der Waals surface area contributed by atoms with Gasteiger partial charge in [-0.2, -0.15) is 0 Å². The third-order valence-corrected chi connectivity index (χ3v) is 3.06. The van der Waals surface area contributed by atoms with Crippen LogP contribution in [0.1, 0.15) is 16.1 Å². The summed E-state index contributed by atoms with van der Waals surface area (Å²) in [5.41, 5.74) is 1.54. The zero-order valence-electron chi connectivity index (χ0n) is 11.1. The first-order valence-electron chi connectivity index (χ1n) is 5.87. The largest absolute Gasteiger partial charge is 0.495 e. The highest BCUT2D eigenvalue weighted by molar-refractivity contribution is 6.32. The number of rotatable bonds is 5. The molecular formula is C14H14ClNO4. The highest BCUT2D eigenvalue weighted by atomic mass is 35.5. The minimum Gasteiger partial charge on any atom is -0.495 e. The molecule has 1 aromatic carbocycles. The molecular weight excluding hydrogens is 282 g/mol. The van der Waals surface area contributed by atoms with Crippen LogP contribution in [0.2, 0.25) is 5.02 Å². The van der Waals surface area contributed by atoms with Crippen LogP contribution in [0.3, 0.4) is 0 Å². The van der Waals surface area contributed by atoms with Crippen LogP contribution in [-0.2, 0) is 11.3 Å². The van der Waals surface area contributed by atoms with Crippen molar-refractivity contribution in [1.29, 1.82) is 0 Å². The fourth-order valence-electron chi connectivity index (χ4n) is 1.71. The predicted molar refractivity (Wildman–Crippen MR) is 75.4 cm³/mol. The molecule has 0 saturated carbocycles. The molecule has 0 unspecified atom stereocenters. The van der Waals surface area contributed by atoms with E-state index < -0.39 is 5.97 Å². The van der Waals surface area contributed by atoms with Crippen molar-refractivity contribution in [2.45, 2.75) is 6.54 Å². The first-order valence-corrected chi connectivity index (χ1v) is 6.25. The monoisotopic (exact) mass is 295 g/mol. The van der Waals surface area contributed by atoms with Gasteiger partial charge in [0.05, 0.1) is 25.5 Å². The second kappa shape index (κ2) is 6.34. The van der Waals surface area contributed by atoms with E-state index in [2.05, 4.69) is 10.1 Å². The Morgan fingerprint density at radius 3 is 2.85 bits per heavy atom. The van der Waals surface area contributed by atoms with Crippen LogP contribution in [-0.4, -0.2) is 20.2 Å². The lowest BCUT2D eigenvalue weighted by molar-refractivity contribution is 0.0563. The molecule has 6 heteroatoms. The molecule has 0 amide bonds. The van der Waals surface area contributed by atoms with Crippen molar-refractivity contribution in [3.05, 3.63) is 46.9 Å². The van der Waals surface area contributed by atoms with Gasteiger partial charge in [0.2, 0.25) is 5.76 Å². The van der Waals surface area contributed by atoms with Gasteiger partial charge in [0, 0.05) is 23.9 Å². The van der Waals surface area contributed by atoms with Crippen molar-refractivity contribution in [1.82, 2.24) is 0 Å². The lowest BCUT2D eigenvalue weighted by Crippen LogP contribution is -2.06. The Morgan fingerprint density at radius 1 is 1.35 bits per heavy atom. The van der Waals surface area contributed by atoms with Gasteiger partial charge in [-0.1, -0.05) is 11.6 Å². The third kappa shape index (κ3) is 3.05. The summed E-state index contributed by atoms with van der Waals surface area (Å²) in [5, 5.41) is 3.70. The average Bonchev–Trinajstić information content (AvgIpc) is 2.94. The normalized spacial score (nSPS) is 10.2. The molecule has 0 bridgehead atoms. The van der Waals surface area contributed by atoms with E-state index in [0.717, 1.165) is 5.69 Å². The Labute approximate surface area is 121 Å². The summed E-state index contributed by atoms with van der Waals surface area (Å²) in [5.74, 6) is 0.276. The maximum absolute atomic E-state index is 11.5. The van der Waals surface area contributed by atoms with Crippen molar-refractivity contribution in [2.75, 3.05) is 19.5 Å². The summed E-state index contributed by atoms with van der Waals surface area (Å²) in [7, 11) is 2.86. The van der Waals surface area contributed by atoms with E-state index in [-0.39, 0.29) is 5.76 Å². The van der Waals surface area contributed by atoms with Gasteiger partial charge in [-0.25, -0.2) is 4.79 Å². The van der Waals surface area contributed by atoms with Crippen molar-refractivity contribution in [3.8, 4) is 5.75 Å². The Balaban J connectivity index is 2.09. The van der Waals surface area contributed by atoms with Crippen molar-refractivity contribution in [2.24, 2.45) is 0 Å². The number of nitrogens with one attached hydrogen (secondary N) is 1. The van der Waals surface area contributed by atoms with E-state index in [1.165, 1.54) is 13.4 Å². The molecule has 0 fully saturated rings. The summed E-state index contributed by atoms with van der Waals surface area (Å²) in [6, 6.07) is 7.05. The molecule has 20 heavy (non-hydrogen) atoms. The van der Waals surface area contributed by atoms with E-state index in [9.17, 15) is 4.79 Å². The number of carbonyl (C=O) groups is 1. The van der Waals surface area contributed by atoms with Crippen molar-refractivity contribution in [3.63, 3.8) is 0 Å². The third-order valence-electron chi connectivity index (χ3n) is 2.75. The zero-order chi connectivity index (χ0) is 14.5. The molecule has 2 rings (SSSR count). The molecule has 0 saturated heterocycles. The predicted octanol–water partition coefficient (Wildman–Crippen LogP) is 3.34. The molecule has 106 valence electrons. The fraction of sp³-hybridized carbons (Fsp3) is 0.214. The number of furan rings is 1. The SMILES string of the molecule is COC(=O)c1occc1CNc1ccc(Cl)c(OC)c1. The molecule has 0 aliphatic carbocycles. The smallest absolute Gasteiger partial charge is 0.374 e. The first-order chi connectivity index (χ1) is 9.65. The van der Waals surface area contributed by atoms with Gasteiger partial charge in [0.15, 0.2) is 0 Å². The van der Waals surface area contributed by atoms with Gasteiger partial charge in [-0.15, -0.1) is 0 Å². The van der Waals surface area contributed by atoms with Gasteiger partial charge >= 0.3 is 5.97 Å². The van der Waals surface area contributed by atoms with Crippen LogP contribution in [0.5, 0.6) is 5.75 Å². The second-order valence-electron chi connectivity index (χ2n) is 3.97. The fourth-order valence-corrected chi connectivity index (χ4v) is 1.91. The van der Waals surface area contributed by atoms with Gasteiger partial charge in [-0.3, -0.25) is 0 Å². The number of hydrogen-bond donors (Lipinski definition) is 1. The van der Waals surface area contributed by atoms with E-state index >= 15 is 0 Å². The molecule has 1 heterocycles. The summed E-state index contributed by atoms with van der Waals surface area (Å²) >= 11 is 5.95. The quantitative estimate of drug-likeness (QED) is 0.857. The average molecular weight is 296 g/mol. The van der Waals surface area contributed by atoms with Gasteiger partial charge in [0.25, 0.3) is 0 Å². The Kier molecular flexibility index (Phi) is 4.53. The lowest BCUT2D eigenvalue weighted by Gasteiger charge is -2.09. The van der Waals surface area contributed by atoms with Crippen LogP contribution >= 0.6 is 11.6 Å². The van der Waals surface area contributed by atoms with Crippen LogP contribution in [0.4, 0.5) is 5.69 Å².